The van der Waals surface area contributed by atoms with Gasteiger partial charge in [0.15, 0.2) is 0 Å². The molecule has 4 nitrogen and oxygen atoms in total. The van der Waals surface area contributed by atoms with Gasteiger partial charge >= 0.3 is 5.97 Å². The lowest BCUT2D eigenvalue weighted by Crippen LogP contribution is -2.18. The molecular formula is C17H18N2O2S. The summed E-state index contributed by atoms with van der Waals surface area (Å²) in [5, 5.41) is 0. The molecule has 0 spiro atoms. The monoisotopic (exact) mass is 314 g/mol. The van der Waals surface area contributed by atoms with Crippen LogP contribution in [0.2, 0.25) is 0 Å². The number of anilines is 1. The van der Waals surface area contributed by atoms with Gasteiger partial charge in [0.25, 0.3) is 0 Å². The summed E-state index contributed by atoms with van der Waals surface area (Å²) in [6.07, 6.45) is 2.83. The summed E-state index contributed by atoms with van der Waals surface area (Å²) in [5.41, 5.74) is 9.74. The number of benzene rings is 1. The second-order valence-corrected chi connectivity index (χ2v) is 5.67. The van der Waals surface area contributed by atoms with Gasteiger partial charge in [-0.05, 0) is 43.9 Å². The van der Waals surface area contributed by atoms with Crippen LogP contribution >= 0.6 is 12.2 Å². The van der Waals surface area contributed by atoms with Crippen molar-refractivity contribution in [3.8, 4) is 5.69 Å². The number of nitrogens with two attached hydrogens (primary N) is 1. The molecule has 3 rings (SSSR count). The number of carbonyl (C=O) groups excluding carboxylic acids is 1. The molecule has 5 heteroatoms. The molecule has 22 heavy (non-hydrogen) atoms. The number of ether oxygens (including phenoxy) is 1. The molecule has 1 aromatic heterocycles. The Morgan fingerprint density at radius 2 is 2.05 bits per heavy atom. The van der Waals surface area contributed by atoms with Crippen LogP contribution in [0, 0.1) is 4.51 Å². The number of hydrogen-bond donors (Lipinski definition) is 1. The van der Waals surface area contributed by atoms with E-state index in [4.69, 9.17) is 22.7 Å². The molecule has 0 unspecified atom stereocenters. The number of para-hydroxylation sites is 1. The highest BCUT2D eigenvalue weighted by molar-refractivity contribution is 7.71. The third-order valence-electron chi connectivity index (χ3n) is 3.95. The second-order valence-electron chi connectivity index (χ2n) is 5.26. The SMILES string of the molecule is CCOC(=O)c1c(N)n(-c2ccccc2)c2c(c1=S)CCC2. The van der Waals surface area contributed by atoms with E-state index in [1.54, 1.807) is 6.92 Å². The Labute approximate surface area is 134 Å². The topological polar surface area (TPSA) is 57.2 Å². The average Bonchev–Trinajstić information content (AvgIpc) is 2.98. The Bertz CT molecular complexity index is 781. The average molecular weight is 314 g/mol. The van der Waals surface area contributed by atoms with Crippen molar-refractivity contribution in [1.29, 1.82) is 0 Å². The lowest BCUT2D eigenvalue weighted by atomic mass is 10.1. The molecule has 1 aliphatic carbocycles. The minimum atomic E-state index is -0.440. The van der Waals surface area contributed by atoms with Crippen molar-refractivity contribution in [2.24, 2.45) is 0 Å². The second kappa shape index (κ2) is 5.93. The summed E-state index contributed by atoms with van der Waals surface area (Å²) in [7, 11) is 0. The van der Waals surface area contributed by atoms with E-state index in [1.165, 1.54) is 0 Å². The number of rotatable bonds is 3. The standard InChI is InChI=1S/C17H18N2O2S/c1-2-21-17(20)14-15(22)12-9-6-10-13(12)19(16(14)18)11-7-4-3-5-8-11/h3-5,7-8H,2,6,9-10,18H2,1H3. The number of nitrogen functional groups attached to an aromatic ring is 1. The Kier molecular flexibility index (Phi) is 3.98. The summed E-state index contributed by atoms with van der Waals surface area (Å²) in [6, 6.07) is 9.82. The van der Waals surface area contributed by atoms with Crippen molar-refractivity contribution in [2.75, 3.05) is 12.3 Å². The summed E-state index contributed by atoms with van der Waals surface area (Å²) in [6.45, 7) is 2.07. The van der Waals surface area contributed by atoms with Gasteiger partial charge < -0.3 is 10.5 Å². The van der Waals surface area contributed by atoms with Gasteiger partial charge in [-0.3, -0.25) is 4.57 Å². The van der Waals surface area contributed by atoms with E-state index in [1.807, 2.05) is 34.9 Å². The van der Waals surface area contributed by atoms with Crippen LogP contribution in [0.3, 0.4) is 0 Å². The fourth-order valence-corrected chi connectivity index (χ4v) is 3.42. The highest BCUT2D eigenvalue weighted by Crippen LogP contribution is 2.32. The first kappa shape index (κ1) is 14.8. The van der Waals surface area contributed by atoms with Crippen LogP contribution in [-0.4, -0.2) is 17.1 Å². The molecular weight excluding hydrogens is 296 g/mol. The number of nitrogens with zero attached hydrogens (tertiary/aromatic N) is 1. The molecule has 0 radical (unpaired) electrons. The maximum Gasteiger partial charge on any atom is 0.343 e. The van der Waals surface area contributed by atoms with E-state index in [-0.39, 0.29) is 0 Å². The molecule has 0 aliphatic heterocycles. The molecule has 2 aromatic rings. The van der Waals surface area contributed by atoms with Gasteiger partial charge in [0.05, 0.1) is 11.1 Å². The zero-order valence-corrected chi connectivity index (χ0v) is 13.3. The predicted octanol–water partition coefficient (Wildman–Crippen LogP) is 3.45. The molecule has 1 aliphatic rings. The van der Waals surface area contributed by atoms with E-state index in [2.05, 4.69) is 0 Å². The highest BCUT2D eigenvalue weighted by Gasteiger charge is 2.26. The molecule has 0 saturated heterocycles. The molecule has 0 fully saturated rings. The third kappa shape index (κ3) is 2.31. The van der Waals surface area contributed by atoms with Gasteiger partial charge in [-0.25, -0.2) is 4.79 Å². The Hall–Kier alpha value is -2.14. The van der Waals surface area contributed by atoms with Crippen LogP contribution < -0.4 is 5.73 Å². The highest BCUT2D eigenvalue weighted by atomic mass is 32.1. The van der Waals surface area contributed by atoms with Crippen molar-refractivity contribution in [2.45, 2.75) is 26.2 Å². The van der Waals surface area contributed by atoms with Crippen molar-refractivity contribution in [3.05, 3.63) is 51.7 Å². The summed E-state index contributed by atoms with van der Waals surface area (Å²) >= 11 is 5.51. The maximum atomic E-state index is 12.3. The third-order valence-corrected chi connectivity index (χ3v) is 4.40. The Morgan fingerprint density at radius 3 is 2.73 bits per heavy atom. The van der Waals surface area contributed by atoms with Gasteiger partial charge in [-0.2, -0.15) is 0 Å². The molecule has 0 bridgehead atoms. The van der Waals surface area contributed by atoms with E-state index in [0.717, 1.165) is 36.2 Å². The summed E-state index contributed by atoms with van der Waals surface area (Å²) < 4.78 is 7.64. The molecule has 0 amide bonds. The van der Waals surface area contributed by atoms with Crippen LogP contribution in [0.5, 0.6) is 0 Å². The number of aromatic nitrogens is 1. The Morgan fingerprint density at radius 1 is 1.32 bits per heavy atom. The molecule has 1 heterocycles. The minimum Gasteiger partial charge on any atom is -0.462 e. The van der Waals surface area contributed by atoms with Crippen LogP contribution in [0.15, 0.2) is 30.3 Å². The lowest BCUT2D eigenvalue weighted by molar-refractivity contribution is 0.0526. The zero-order chi connectivity index (χ0) is 15.7. The van der Waals surface area contributed by atoms with Gasteiger partial charge in [-0.1, -0.05) is 30.4 Å². The first-order valence-corrected chi connectivity index (χ1v) is 7.84. The van der Waals surface area contributed by atoms with Crippen LogP contribution in [0.1, 0.15) is 35.0 Å². The molecule has 2 N–H and O–H groups in total. The molecule has 0 saturated carbocycles. The van der Waals surface area contributed by atoms with Gasteiger partial charge in [0, 0.05) is 11.4 Å². The molecule has 0 atom stereocenters. The van der Waals surface area contributed by atoms with E-state index < -0.39 is 5.97 Å². The van der Waals surface area contributed by atoms with E-state index >= 15 is 0 Å². The number of carbonyl (C=O) groups is 1. The number of pyridine rings is 1. The predicted molar refractivity (Wildman–Crippen MR) is 89.0 cm³/mol. The largest absolute Gasteiger partial charge is 0.462 e. The van der Waals surface area contributed by atoms with Crippen molar-refractivity contribution in [1.82, 2.24) is 4.57 Å². The van der Waals surface area contributed by atoms with Crippen molar-refractivity contribution < 1.29 is 9.53 Å². The Balaban J connectivity index is 2.31. The minimum absolute atomic E-state index is 0.301. The van der Waals surface area contributed by atoms with Crippen molar-refractivity contribution in [3.63, 3.8) is 0 Å². The number of hydrogen-bond acceptors (Lipinski definition) is 4. The quantitative estimate of drug-likeness (QED) is 0.696. The van der Waals surface area contributed by atoms with Crippen LogP contribution in [0.4, 0.5) is 5.82 Å². The number of esters is 1. The van der Waals surface area contributed by atoms with E-state index in [9.17, 15) is 4.79 Å². The van der Waals surface area contributed by atoms with Gasteiger partial charge in [-0.15, -0.1) is 0 Å². The molecule has 114 valence electrons. The summed E-state index contributed by atoms with van der Waals surface area (Å²) in [4.78, 5) is 12.3. The lowest BCUT2D eigenvalue weighted by Gasteiger charge is -2.19. The fraction of sp³-hybridized carbons (Fsp3) is 0.294. The maximum absolute atomic E-state index is 12.3. The van der Waals surface area contributed by atoms with Crippen LogP contribution in [-0.2, 0) is 17.6 Å². The molecule has 1 aromatic carbocycles. The summed E-state index contributed by atoms with van der Waals surface area (Å²) in [5.74, 6) is -0.0697. The van der Waals surface area contributed by atoms with Gasteiger partial charge in [0.1, 0.15) is 11.4 Å². The van der Waals surface area contributed by atoms with Crippen LogP contribution in [0.25, 0.3) is 5.69 Å². The van der Waals surface area contributed by atoms with Gasteiger partial charge in [0.2, 0.25) is 0 Å². The first-order valence-electron chi connectivity index (χ1n) is 7.44. The van der Waals surface area contributed by atoms with Crippen molar-refractivity contribution >= 4 is 24.0 Å². The normalized spacial score (nSPS) is 13.0. The zero-order valence-electron chi connectivity index (χ0n) is 12.5. The fourth-order valence-electron chi connectivity index (χ4n) is 3.02. The first-order chi connectivity index (χ1) is 10.6. The van der Waals surface area contributed by atoms with E-state index in [0.29, 0.717) is 22.5 Å². The smallest absolute Gasteiger partial charge is 0.343 e. The number of fused-ring (bicyclic) bond motifs is 1.